The van der Waals surface area contributed by atoms with E-state index < -0.39 is 11.6 Å². The Balaban J connectivity index is 1.89. The number of benzene rings is 3. The molecule has 1 aromatic heterocycles. The van der Waals surface area contributed by atoms with Crippen molar-refractivity contribution in [3.8, 4) is 45.7 Å². The van der Waals surface area contributed by atoms with Gasteiger partial charge in [-0.15, -0.1) is 0 Å². The number of anilines is 2. The van der Waals surface area contributed by atoms with Crippen LogP contribution in [0.4, 0.5) is 11.5 Å². The monoisotopic (exact) mass is 571 g/mol. The Bertz CT molecular complexity index is 1680. The number of carbonyl (C=O) groups excluding carboxylic acids is 2. The Labute approximate surface area is 241 Å². The number of phenols is 1. The number of hydrogen-bond donors (Lipinski definition) is 4. The highest BCUT2D eigenvalue weighted by Crippen LogP contribution is 2.37. The minimum atomic E-state index is -1.33. The number of halogens is 1. The number of aromatic hydroxyl groups is 1. The summed E-state index contributed by atoms with van der Waals surface area (Å²) in [6, 6.07) is 19.9. The summed E-state index contributed by atoms with van der Waals surface area (Å²) < 4.78 is 10.6. The van der Waals surface area contributed by atoms with Crippen LogP contribution in [-0.2, 0) is 4.79 Å². The predicted molar refractivity (Wildman–Crippen MR) is 156 cm³/mol. The van der Waals surface area contributed by atoms with Crippen LogP contribution in [0.1, 0.15) is 22.8 Å². The largest absolute Gasteiger partial charge is 0.507 e. The van der Waals surface area contributed by atoms with Crippen molar-refractivity contribution in [3.05, 3.63) is 82.9 Å². The minimum Gasteiger partial charge on any atom is -0.507 e. The number of nitrogens with one attached hydrogen (secondary N) is 2. The summed E-state index contributed by atoms with van der Waals surface area (Å²) >= 11 is 6.04. The molecule has 4 rings (SSSR count). The van der Waals surface area contributed by atoms with Crippen LogP contribution < -0.4 is 25.8 Å². The summed E-state index contributed by atoms with van der Waals surface area (Å²) in [6.45, 7) is 1.52. The van der Waals surface area contributed by atoms with Gasteiger partial charge in [0.2, 0.25) is 0 Å². The lowest BCUT2D eigenvalue weighted by molar-refractivity contribution is -0.111. The molecule has 3 aromatic carbocycles. The van der Waals surface area contributed by atoms with E-state index in [2.05, 4.69) is 21.7 Å². The molecule has 208 valence electrons. The normalized spacial score (nSPS) is 12.0. The molecule has 10 nitrogen and oxygen atoms in total. The maximum Gasteiger partial charge on any atom is 0.260 e. The van der Waals surface area contributed by atoms with Crippen LogP contribution in [0.15, 0.2) is 66.7 Å². The van der Waals surface area contributed by atoms with Gasteiger partial charge in [-0.3, -0.25) is 9.59 Å². The second-order valence-electron chi connectivity index (χ2n) is 9.18. The molecule has 0 saturated carbocycles. The van der Waals surface area contributed by atoms with Crippen LogP contribution in [0.3, 0.4) is 0 Å². The smallest absolute Gasteiger partial charge is 0.260 e. The van der Waals surface area contributed by atoms with Crippen molar-refractivity contribution >= 4 is 35.3 Å². The molecule has 0 aliphatic rings. The lowest BCUT2D eigenvalue weighted by atomic mass is 9.97. The standard InChI is InChI=1S/C30H26ClN5O5/c1-30(33,16-37)36-19-6-4-5-17(11-19)23-14-25(21-9-7-18(31)12-26(21)38)34-28(24(23)15-32)35-29(39)22-10-8-20(40-2)13-27(22)41-3/h4-14,16,36,38H,33H2,1-3H3,(H,34,35,39)/t30-/m0/s1. The quantitative estimate of drug-likeness (QED) is 0.156. The molecular weight excluding hydrogens is 546 g/mol. The molecule has 1 amide bonds. The van der Waals surface area contributed by atoms with Gasteiger partial charge < -0.3 is 30.9 Å². The first-order valence-corrected chi connectivity index (χ1v) is 12.6. The fraction of sp³-hybridized carbons (Fsp3) is 0.133. The van der Waals surface area contributed by atoms with E-state index in [1.165, 1.54) is 33.3 Å². The molecule has 0 unspecified atom stereocenters. The second kappa shape index (κ2) is 12.0. The van der Waals surface area contributed by atoms with Crippen LogP contribution in [0.2, 0.25) is 5.02 Å². The molecule has 1 heterocycles. The summed E-state index contributed by atoms with van der Waals surface area (Å²) in [6.07, 6.45) is 0.579. The third-order valence-electron chi connectivity index (χ3n) is 6.08. The molecule has 0 aliphatic carbocycles. The summed E-state index contributed by atoms with van der Waals surface area (Å²) in [4.78, 5) is 29.3. The molecule has 0 saturated heterocycles. The van der Waals surface area contributed by atoms with E-state index in [1.807, 2.05) is 0 Å². The minimum absolute atomic E-state index is 0.0489. The molecule has 5 N–H and O–H groups in total. The number of hydrogen-bond acceptors (Lipinski definition) is 9. The van der Waals surface area contributed by atoms with Crippen molar-refractivity contribution in [2.75, 3.05) is 24.9 Å². The van der Waals surface area contributed by atoms with E-state index in [4.69, 9.17) is 26.8 Å². The molecule has 0 fully saturated rings. The average molecular weight is 572 g/mol. The van der Waals surface area contributed by atoms with Gasteiger partial charge in [0, 0.05) is 27.9 Å². The zero-order chi connectivity index (χ0) is 29.7. The van der Waals surface area contributed by atoms with Crippen LogP contribution in [0, 0.1) is 11.3 Å². The van der Waals surface area contributed by atoms with Crippen molar-refractivity contribution in [1.29, 1.82) is 5.26 Å². The lowest BCUT2D eigenvalue weighted by Gasteiger charge is -2.21. The molecule has 1 atom stereocenters. The summed E-state index contributed by atoms with van der Waals surface area (Å²) in [5.74, 6) is -0.0290. The van der Waals surface area contributed by atoms with Gasteiger partial charge in [0.1, 0.15) is 34.5 Å². The summed E-state index contributed by atoms with van der Waals surface area (Å²) in [5.41, 5.74) is 6.93. The fourth-order valence-corrected chi connectivity index (χ4v) is 4.27. The molecule has 0 radical (unpaired) electrons. The summed E-state index contributed by atoms with van der Waals surface area (Å²) in [7, 11) is 2.92. The molecule has 0 spiro atoms. The van der Waals surface area contributed by atoms with Crippen molar-refractivity contribution in [1.82, 2.24) is 4.98 Å². The van der Waals surface area contributed by atoms with Crippen LogP contribution in [-0.4, -0.2) is 42.2 Å². The molecule has 41 heavy (non-hydrogen) atoms. The molecule has 0 aliphatic heterocycles. The van der Waals surface area contributed by atoms with Crippen molar-refractivity contribution in [3.63, 3.8) is 0 Å². The highest BCUT2D eigenvalue weighted by molar-refractivity contribution is 6.30. The number of phenolic OH excluding ortho intramolecular Hbond substituents is 1. The average Bonchev–Trinajstić information content (AvgIpc) is 2.96. The first-order valence-electron chi connectivity index (χ1n) is 12.2. The third kappa shape index (κ3) is 6.38. The van der Waals surface area contributed by atoms with Gasteiger partial charge in [0.05, 0.1) is 25.5 Å². The Kier molecular flexibility index (Phi) is 8.42. The SMILES string of the molecule is COc1ccc(C(=O)Nc2nc(-c3ccc(Cl)cc3O)cc(-c3cccc(N[C@](C)(N)C=O)c3)c2C#N)c(OC)c1. The Morgan fingerprint density at radius 3 is 2.54 bits per heavy atom. The van der Waals surface area contributed by atoms with Gasteiger partial charge >= 0.3 is 0 Å². The van der Waals surface area contributed by atoms with Crippen molar-refractivity contribution < 1.29 is 24.2 Å². The van der Waals surface area contributed by atoms with Crippen molar-refractivity contribution in [2.45, 2.75) is 12.6 Å². The fourth-order valence-electron chi connectivity index (χ4n) is 4.10. The van der Waals surface area contributed by atoms with Gasteiger partial charge in [-0.25, -0.2) is 4.98 Å². The zero-order valence-electron chi connectivity index (χ0n) is 22.4. The number of nitrogens with zero attached hydrogens (tertiary/aromatic N) is 2. The van der Waals surface area contributed by atoms with Gasteiger partial charge in [-0.2, -0.15) is 5.26 Å². The molecule has 11 heteroatoms. The van der Waals surface area contributed by atoms with E-state index >= 15 is 0 Å². The number of nitriles is 1. The number of rotatable bonds is 9. The van der Waals surface area contributed by atoms with Crippen molar-refractivity contribution in [2.24, 2.45) is 5.73 Å². The van der Waals surface area contributed by atoms with Crippen LogP contribution in [0.5, 0.6) is 17.2 Å². The predicted octanol–water partition coefficient (Wildman–Crippen LogP) is 5.20. The zero-order valence-corrected chi connectivity index (χ0v) is 23.1. The number of amides is 1. The number of ether oxygens (including phenoxy) is 2. The Hall–Kier alpha value is -5.11. The van der Waals surface area contributed by atoms with E-state index in [9.17, 15) is 20.0 Å². The number of carbonyl (C=O) groups is 2. The number of methoxy groups -OCH3 is 2. The van der Waals surface area contributed by atoms with E-state index in [0.717, 1.165) is 0 Å². The highest BCUT2D eigenvalue weighted by Gasteiger charge is 2.22. The van der Waals surface area contributed by atoms with E-state index in [-0.39, 0.29) is 34.1 Å². The van der Waals surface area contributed by atoms with Crippen LogP contribution in [0.25, 0.3) is 22.4 Å². The van der Waals surface area contributed by atoms with Gasteiger partial charge in [-0.05, 0) is 61.0 Å². The first kappa shape index (κ1) is 28.9. The first-order chi connectivity index (χ1) is 19.6. The second-order valence-corrected chi connectivity index (χ2v) is 9.62. The Morgan fingerprint density at radius 1 is 1.10 bits per heavy atom. The number of pyridine rings is 1. The van der Waals surface area contributed by atoms with Crippen LogP contribution >= 0.6 is 11.6 Å². The lowest BCUT2D eigenvalue weighted by Crippen LogP contribution is -2.46. The molecule has 0 bridgehead atoms. The van der Waals surface area contributed by atoms with E-state index in [0.29, 0.717) is 39.4 Å². The molecule has 4 aromatic rings. The van der Waals surface area contributed by atoms with E-state index in [1.54, 1.807) is 54.6 Å². The number of aromatic nitrogens is 1. The molecular formula is C30H26ClN5O5. The van der Waals surface area contributed by atoms with Gasteiger partial charge in [0.15, 0.2) is 12.1 Å². The van der Waals surface area contributed by atoms with Gasteiger partial charge in [-0.1, -0.05) is 23.7 Å². The maximum absolute atomic E-state index is 13.4. The number of nitrogens with two attached hydrogens (primary N) is 1. The summed E-state index contributed by atoms with van der Waals surface area (Å²) in [5, 5.41) is 26.8. The highest BCUT2D eigenvalue weighted by atomic mass is 35.5. The number of aldehydes is 1. The maximum atomic E-state index is 13.4. The topological polar surface area (TPSA) is 160 Å². The third-order valence-corrected chi connectivity index (χ3v) is 6.32. The van der Waals surface area contributed by atoms with Gasteiger partial charge in [0.25, 0.3) is 5.91 Å². The Morgan fingerprint density at radius 2 is 1.88 bits per heavy atom.